The van der Waals surface area contributed by atoms with E-state index < -0.39 is 0 Å². The molecule has 0 aliphatic heterocycles. The van der Waals surface area contributed by atoms with Gasteiger partial charge >= 0.3 is 0 Å². The van der Waals surface area contributed by atoms with Gasteiger partial charge in [-0.1, -0.05) is 25.3 Å². The molecule has 0 unspecified atom stereocenters. The molecule has 0 fully saturated rings. The van der Waals surface area contributed by atoms with Gasteiger partial charge in [-0.05, 0) is 30.9 Å². The van der Waals surface area contributed by atoms with E-state index in [2.05, 4.69) is 6.07 Å². The smallest absolute Gasteiger partial charge is 0.217 e. The van der Waals surface area contributed by atoms with Crippen LogP contribution in [-0.4, -0.2) is 20.1 Å². The van der Waals surface area contributed by atoms with Gasteiger partial charge in [-0.15, -0.1) is 0 Å². The topological polar surface area (TPSA) is 61.5 Å². The molecule has 0 aliphatic carbocycles. The predicted molar refractivity (Wildman–Crippen MR) is 80.1 cm³/mol. The quantitative estimate of drug-likeness (QED) is 0.669. The third-order valence-electron chi connectivity index (χ3n) is 3.36. The Morgan fingerprint density at radius 1 is 1.05 bits per heavy atom. The number of hydrogen-bond donors (Lipinski definition) is 1. The van der Waals surface area contributed by atoms with Gasteiger partial charge in [-0.3, -0.25) is 4.79 Å². The van der Waals surface area contributed by atoms with Crippen molar-refractivity contribution in [1.29, 1.82) is 0 Å². The van der Waals surface area contributed by atoms with E-state index in [0.717, 1.165) is 50.0 Å². The minimum absolute atomic E-state index is 0.201. The molecule has 112 valence electrons. The van der Waals surface area contributed by atoms with E-state index in [0.29, 0.717) is 6.42 Å². The third kappa shape index (κ3) is 5.95. The maximum absolute atomic E-state index is 10.6. The van der Waals surface area contributed by atoms with Crippen LogP contribution in [0.1, 0.15) is 44.1 Å². The third-order valence-corrected chi connectivity index (χ3v) is 3.36. The second-order valence-electron chi connectivity index (χ2n) is 4.91. The van der Waals surface area contributed by atoms with E-state index in [9.17, 15) is 4.79 Å². The lowest BCUT2D eigenvalue weighted by atomic mass is 10.0. The fraction of sp³-hybridized carbons (Fsp3) is 0.562. The van der Waals surface area contributed by atoms with Gasteiger partial charge in [0.2, 0.25) is 5.91 Å². The lowest BCUT2D eigenvalue weighted by molar-refractivity contribution is -0.118. The van der Waals surface area contributed by atoms with Gasteiger partial charge in [0.15, 0.2) is 0 Å². The molecule has 4 nitrogen and oxygen atoms in total. The molecular weight excluding hydrogens is 254 g/mol. The summed E-state index contributed by atoms with van der Waals surface area (Å²) in [7, 11) is 3.34. The van der Waals surface area contributed by atoms with Crippen molar-refractivity contribution in [3.63, 3.8) is 0 Å². The predicted octanol–water partition coefficient (Wildman–Crippen LogP) is 3.07. The number of unbranched alkanes of at least 4 members (excludes halogenated alkanes) is 4. The van der Waals surface area contributed by atoms with Gasteiger partial charge in [0.1, 0.15) is 11.5 Å². The Morgan fingerprint density at radius 2 is 1.75 bits per heavy atom. The number of benzene rings is 1. The number of carbonyl (C=O) groups is 1. The molecule has 0 aliphatic rings. The standard InChI is InChI=1S/C16H25NO3/c1-19-14-11-10-13(15(12-14)20-2)8-6-4-3-5-7-9-16(17)18/h10-12H,3-9H2,1-2H3,(H2,17,18). The molecule has 0 bridgehead atoms. The van der Waals surface area contributed by atoms with Crippen LogP contribution < -0.4 is 15.2 Å². The van der Waals surface area contributed by atoms with Crippen LogP contribution in [0.3, 0.4) is 0 Å². The zero-order chi connectivity index (χ0) is 14.8. The lowest BCUT2D eigenvalue weighted by Gasteiger charge is -2.10. The number of amides is 1. The van der Waals surface area contributed by atoms with Gasteiger partial charge in [0, 0.05) is 12.5 Å². The van der Waals surface area contributed by atoms with E-state index in [1.165, 1.54) is 5.56 Å². The van der Waals surface area contributed by atoms with Crippen LogP contribution in [-0.2, 0) is 11.2 Å². The molecule has 20 heavy (non-hydrogen) atoms. The maximum Gasteiger partial charge on any atom is 0.217 e. The van der Waals surface area contributed by atoms with Crippen molar-refractivity contribution < 1.29 is 14.3 Å². The highest BCUT2D eigenvalue weighted by atomic mass is 16.5. The number of hydrogen-bond acceptors (Lipinski definition) is 3. The minimum Gasteiger partial charge on any atom is -0.497 e. The minimum atomic E-state index is -0.201. The van der Waals surface area contributed by atoms with Gasteiger partial charge in [-0.25, -0.2) is 0 Å². The van der Waals surface area contributed by atoms with Crippen molar-refractivity contribution in [3.8, 4) is 11.5 Å². The van der Waals surface area contributed by atoms with Crippen molar-refractivity contribution in [2.45, 2.75) is 44.9 Å². The number of aryl methyl sites for hydroxylation is 1. The van der Waals surface area contributed by atoms with Gasteiger partial charge in [0.05, 0.1) is 14.2 Å². The van der Waals surface area contributed by atoms with Crippen LogP contribution in [0.25, 0.3) is 0 Å². The lowest BCUT2D eigenvalue weighted by Crippen LogP contribution is -2.09. The zero-order valence-electron chi connectivity index (χ0n) is 12.5. The highest BCUT2D eigenvalue weighted by Gasteiger charge is 2.04. The van der Waals surface area contributed by atoms with E-state index in [1.54, 1.807) is 14.2 Å². The molecule has 1 aromatic rings. The molecule has 1 aromatic carbocycles. The Bertz CT molecular complexity index is 418. The van der Waals surface area contributed by atoms with Crippen LogP contribution in [0.2, 0.25) is 0 Å². The molecule has 0 saturated heterocycles. The molecule has 0 aromatic heterocycles. The fourth-order valence-electron chi connectivity index (χ4n) is 2.20. The largest absolute Gasteiger partial charge is 0.497 e. The van der Waals surface area contributed by atoms with Crippen LogP contribution >= 0.6 is 0 Å². The number of primary amides is 1. The van der Waals surface area contributed by atoms with Crippen LogP contribution in [0.15, 0.2) is 18.2 Å². The normalized spacial score (nSPS) is 10.3. The highest BCUT2D eigenvalue weighted by molar-refractivity contribution is 5.73. The molecule has 0 radical (unpaired) electrons. The van der Waals surface area contributed by atoms with Crippen molar-refractivity contribution in [1.82, 2.24) is 0 Å². The number of ether oxygens (including phenoxy) is 2. The first kappa shape index (κ1) is 16.3. The summed E-state index contributed by atoms with van der Waals surface area (Å²) in [5, 5.41) is 0. The second kappa shape index (κ2) is 9.23. The summed E-state index contributed by atoms with van der Waals surface area (Å²) in [5.74, 6) is 1.50. The molecule has 1 amide bonds. The molecule has 0 saturated carbocycles. The molecule has 4 heteroatoms. The van der Waals surface area contributed by atoms with Crippen molar-refractivity contribution in [2.75, 3.05) is 14.2 Å². The summed E-state index contributed by atoms with van der Waals surface area (Å²) in [4.78, 5) is 10.6. The highest BCUT2D eigenvalue weighted by Crippen LogP contribution is 2.26. The zero-order valence-corrected chi connectivity index (χ0v) is 12.5. The first-order valence-corrected chi connectivity index (χ1v) is 7.16. The average molecular weight is 279 g/mol. The van der Waals surface area contributed by atoms with E-state index in [-0.39, 0.29) is 5.91 Å². The van der Waals surface area contributed by atoms with E-state index in [1.807, 2.05) is 12.1 Å². The monoisotopic (exact) mass is 279 g/mol. The Hall–Kier alpha value is -1.71. The molecular formula is C16H25NO3. The van der Waals surface area contributed by atoms with Crippen LogP contribution in [0.4, 0.5) is 0 Å². The summed E-state index contributed by atoms with van der Waals surface area (Å²) >= 11 is 0. The molecule has 0 heterocycles. The van der Waals surface area contributed by atoms with Gasteiger partial charge < -0.3 is 15.2 Å². The number of rotatable bonds is 10. The van der Waals surface area contributed by atoms with Crippen molar-refractivity contribution in [3.05, 3.63) is 23.8 Å². The molecule has 0 spiro atoms. The van der Waals surface area contributed by atoms with Crippen molar-refractivity contribution in [2.24, 2.45) is 5.73 Å². The number of nitrogens with two attached hydrogens (primary N) is 1. The molecule has 0 atom stereocenters. The molecule has 1 rings (SSSR count). The summed E-state index contributed by atoms with van der Waals surface area (Å²) in [6.07, 6.45) is 6.91. The van der Waals surface area contributed by atoms with Crippen molar-refractivity contribution >= 4 is 5.91 Å². The second-order valence-corrected chi connectivity index (χ2v) is 4.91. The molecule has 2 N–H and O–H groups in total. The SMILES string of the molecule is COc1ccc(CCCCCCCC(N)=O)c(OC)c1. The Morgan fingerprint density at radius 3 is 2.40 bits per heavy atom. The Kier molecular flexibility index (Phi) is 7.55. The Balaban J connectivity index is 2.26. The van der Waals surface area contributed by atoms with Crippen LogP contribution in [0, 0.1) is 0 Å². The maximum atomic E-state index is 10.6. The first-order chi connectivity index (χ1) is 9.67. The Labute approximate surface area is 121 Å². The van der Waals surface area contributed by atoms with E-state index in [4.69, 9.17) is 15.2 Å². The summed E-state index contributed by atoms with van der Waals surface area (Å²) < 4.78 is 10.6. The van der Waals surface area contributed by atoms with Gasteiger partial charge in [-0.2, -0.15) is 0 Å². The van der Waals surface area contributed by atoms with E-state index >= 15 is 0 Å². The van der Waals surface area contributed by atoms with Gasteiger partial charge in [0.25, 0.3) is 0 Å². The number of methoxy groups -OCH3 is 2. The van der Waals surface area contributed by atoms with Crippen LogP contribution in [0.5, 0.6) is 11.5 Å². The first-order valence-electron chi connectivity index (χ1n) is 7.16. The summed E-state index contributed by atoms with van der Waals surface area (Å²) in [5.41, 5.74) is 6.32. The number of carbonyl (C=O) groups excluding carboxylic acids is 1. The summed E-state index contributed by atoms with van der Waals surface area (Å²) in [6, 6.07) is 5.94. The fourth-order valence-corrected chi connectivity index (χ4v) is 2.20. The summed E-state index contributed by atoms with van der Waals surface area (Å²) in [6.45, 7) is 0. The average Bonchev–Trinajstić information content (AvgIpc) is 2.46.